The monoisotopic (exact) mass is 483 g/mol. The number of benzene rings is 2. The Kier molecular flexibility index (Phi) is 5.88. The van der Waals surface area contributed by atoms with Crippen molar-refractivity contribution in [3.63, 3.8) is 0 Å². The van der Waals surface area contributed by atoms with Crippen LogP contribution in [0, 0.1) is 11.3 Å². The van der Waals surface area contributed by atoms with Crippen LogP contribution in [0.3, 0.4) is 0 Å². The highest BCUT2D eigenvalue weighted by atomic mass is 35.5. The van der Waals surface area contributed by atoms with Crippen LogP contribution in [0.4, 0.5) is 5.69 Å². The minimum Gasteiger partial charge on any atom is -0.367 e. The van der Waals surface area contributed by atoms with Crippen molar-refractivity contribution in [1.29, 1.82) is 5.26 Å². The van der Waals surface area contributed by atoms with E-state index >= 15 is 0 Å². The van der Waals surface area contributed by atoms with E-state index in [-0.39, 0.29) is 0 Å². The van der Waals surface area contributed by atoms with Gasteiger partial charge in [-0.1, -0.05) is 17.7 Å². The first-order valence-corrected chi connectivity index (χ1v) is 13.0. The molecule has 1 saturated heterocycles. The number of fused-ring (bicyclic) bond motifs is 2. The Morgan fingerprint density at radius 1 is 1.00 bits per heavy atom. The van der Waals surface area contributed by atoms with E-state index in [1.165, 1.54) is 42.1 Å². The van der Waals surface area contributed by atoms with E-state index in [0.29, 0.717) is 12.0 Å². The number of hydrogen-bond donors (Lipinski definition) is 0. The molecule has 6 heteroatoms. The second kappa shape index (κ2) is 9.18. The van der Waals surface area contributed by atoms with Crippen LogP contribution >= 0.6 is 11.6 Å². The van der Waals surface area contributed by atoms with Gasteiger partial charge in [-0.2, -0.15) is 5.26 Å². The summed E-state index contributed by atoms with van der Waals surface area (Å²) in [4.78, 5) is 9.79. The summed E-state index contributed by atoms with van der Waals surface area (Å²) in [5.41, 5.74) is 5.59. The smallest absolute Gasteiger partial charge is 0.0991 e. The molecule has 2 aromatic heterocycles. The first kappa shape index (κ1) is 22.4. The van der Waals surface area contributed by atoms with Gasteiger partial charge in [-0.25, -0.2) is 0 Å². The Balaban J connectivity index is 1.12. The maximum absolute atomic E-state index is 9.37. The van der Waals surface area contributed by atoms with Crippen molar-refractivity contribution in [3.8, 4) is 6.07 Å². The summed E-state index contributed by atoms with van der Waals surface area (Å²) < 4.78 is 2.21. The van der Waals surface area contributed by atoms with E-state index in [2.05, 4.69) is 62.9 Å². The Hall–Kier alpha value is -3.07. The lowest BCUT2D eigenvalue weighted by Crippen LogP contribution is -2.51. The summed E-state index contributed by atoms with van der Waals surface area (Å²) in [6.07, 6.45) is 9.05. The molecule has 3 heterocycles. The zero-order valence-electron chi connectivity index (χ0n) is 20.1. The number of nitrogens with zero attached hydrogens (tertiary/aromatic N) is 5. The third-order valence-corrected chi connectivity index (χ3v) is 8.33. The summed E-state index contributed by atoms with van der Waals surface area (Å²) in [5, 5.41) is 12.5. The fraction of sp³-hybridized carbons (Fsp3) is 0.379. The molecule has 35 heavy (non-hydrogen) atoms. The minimum absolute atomic E-state index is 0.578. The quantitative estimate of drug-likeness (QED) is 0.353. The van der Waals surface area contributed by atoms with Gasteiger partial charge >= 0.3 is 0 Å². The van der Waals surface area contributed by atoms with Crippen LogP contribution in [0.25, 0.3) is 21.8 Å². The molecule has 6 rings (SSSR count). The molecule has 0 atom stereocenters. The van der Waals surface area contributed by atoms with E-state index in [0.717, 1.165) is 53.4 Å². The van der Waals surface area contributed by atoms with Gasteiger partial charge in [0, 0.05) is 73.0 Å². The number of pyridine rings is 1. The summed E-state index contributed by atoms with van der Waals surface area (Å²) >= 11 is 6.43. The fourth-order valence-electron chi connectivity index (χ4n) is 6.28. The maximum Gasteiger partial charge on any atom is 0.0991 e. The highest BCUT2D eigenvalue weighted by Crippen LogP contribution is 2.39. The Labute approximate surface area is 211 Å². The van der Waals surface area contributed by atoms with E-state index in [4.69, 9.17) is 11.6 Å². The number of piperazine rings is 1. The average molecular weight is 484 g/mol. The molecule has 4 aromatic rings. The fourth-order valence-corrected chi connectivity index (χ4v) is 6.50. The highest BCUT2D eigenvalue weighted by molar-refractivity contribution is 6.31. The Morgan fingerprint density at radius 3 is 2.57 bits per heavy atom. The Morgan fingerprint density at radius 2 is 1.80 bits per heavy atom. The number of aromatic nitrogens is 2. The zero-order valence-corrected chi connectivity index (χ0v) is 20.9. The molecule has 1 aliphatic heterocycles. The molecule has 0 bridgehead atoms. The van der Waals surface area contributed by atoms with Crippen molar-refractivity contribution >= 4 is 39.1 Å². The lowest BCUT2D eigenvalue weighted by Gasteiger charge is -2.42. The second-order valence-corrected chi connectivity index (χ2v) is 10.5. The molecule has 0 radical (unpaired) electrons. The van der Waals surface area contributed by atoms with Crippen molar-refractivity contribution in [2.75, 3.05) is 31.1 Å². The molecular formula is C29H30ClN5. The number of rotatable bonds is 3. The third kappa shape index (κ3) is 4.16. The van der Waals surface area contributed by atoms with Gasteiger partial charge in [0.2, 0.25) is 0 Å². The molecule has 1 aliphatic carbocycles. The molecular weight excluding hydrogens is 454 g/mol. The second-order valence-electron chi connectivity index (χ2n) is 10.1. The Bertz CT molecular complexity index is 1420. The van der Waals surface area contributed by atoms with Crippen LogP contribution in [0.5, 0.6) is 0 Å². The van der Waals surface area contributed by atoms with Crippen LogP contribution in [0.1, 0.15) is 42.7 Å². The van der Waals surface area contributed by atoms with E-state index in [1.54, 1.807) is 0 Å². The molecule has 0 amide bonds. The largest absolute Gasteiger partial charge is 0.367 e. The molecule has 5 nitrogen and oxygen atoms in total. The number of nitriles is 1. The first-order chi connectivity index (χ1) is 17.1. The number of halogens is 1. The number of hydrogen-bond acceptors (Lipinski definition) is 4. The molecule has 0 spiro atoms. The molecule has 2 aliphatic rings. The SMILES string of the molecule is Cn1cc(C2CCC(N3CCN(c4cc(Cl)cc5cccnc45)CC3)CC2)c2cc(C#N)ccc21. The van der Waals surface area contributed by atoms with Gasteiger partial charge in [0.15, 0.2) is 0 Å². The first-order valence-electron chi connectivity index (χ1n) is 12.6. The van der Waals surface area contributed by atoms with Crippen molar-refractivity contribution in [2.45, 2.75) is 37.6 Å². The molecule has 0 unspecified atom stereocenters. The normalized spacial score (nSPS) is 21.5. The maximum atomic E-state index is 9.37. The summed E-state index contributed by atoms with van der Waals surface area (Å²) in [6.45, 7) is 4.17. The number of anilines is 1. The van der Waals surface area contributed by atoms with Gasteiger partial charge < -0.3 is 9.47 Å². The van der Waals surface area contributed by atoms with Crippen LogP contribution < -0.4 is 4.90 Å². The van der Waals surface area contributed by atoms with Gasteiger partial charge in [-0.15, -0.1) is 0 Å². The predicted molar refractivity (Wildman–Crippen MR) is 143 cm³/mol. The van der Waals surface area contributed by atoms with Crippen LogP contribution in [-0.4, -0.2) is 46.7 Å². The average Bonchev–Trinajstić information content (AvgIpc) is 3.24. The molecule has 2 fully saturated rings. The lowest BCUT2D eigenvalue weighted by molar-refractivity contribution is 0.141. The lowest BCUT2D eigenvalue weighted by atomic mass is 9.81. The van der Waals surface area contributed by atoms with Crippen molar-refractivity contribution in [1.82, 2.24) is 14.5 Å². The topological polar surface area (TPSA) is 48.1 Å². The van der Waals surface area contributed by atoms with E-state index in [9.17, 15) is 5.26 Å². The van der Waals surface area contributed by atoms with E-state index < -0.39 is 0 Å². The zero-order chi connectivity index (χ0) is 23.9. The molecule has 2 aromatic carbocycles. The molecule has 178 valence electrons. The van der Waals surface area contributed by atoms with Crippen molar-refractivity contribution in [2.24, 2.45) is 7.05 Å². The van der Waals surface area contributed by atoms with Crippen LogP contribution in [0.2, 0.25) is 5.02 Å². The molecule has 0 N–H and O–H groups in total. The summed E-state index contributed by atoms with van der Waals surface area (Å²) in [7, 11) is 2.11. The van der Waals surface area contributed by atoms with Gasteiger partial charge in [0.05, 0.1) is 22.8 Å². The minimum atomic E-state index is 0.578. The van der Waals surface area contributed by atoms with Crippen molar-refractivity contribution in [3.05, 3.63) is 71.0 Å². The van der Waals surface area contributed by atoms with Gasteiger partial charge in [-0.3, -0.25) is 9.88 Å². The standard InChI is InChI=1S/C29H30ClN5/c1-33-19-26(25-15-20(18-31)4-9-27(25)33)21-5-7-24(8-6-21)34-11-13-35(14-12-34)28-17-23(30)16-22-3-2-10-32-29(22)28/h2-4,9-10,15-17,19,21,24H,5-8,11-14H2,1H3. The van der Waals surface area contributed by atoms with Gasteiger partial charge in [-0.05, 0) is 73.6 Å². The van der Waals surface area contributed by atoms with Crippen LogP contribution in [0.15, 0.2) is 54.9 Å². The predicted octanol–water partition coefficient (Wildman–Crippen LogP) is 6.10. The number of aryl methyl sites for hydroxylation is 1. The highest BCUT2D eigenvalue weighted by Gasteiger charge is 2.30. The van der Waals surface area contributed by atoms with E-state index in [1.807, 2.05) is 24.4 Å². The summed E-state index contributed by atoms with van der Waals surface area (Å²) in [6, 6.07) is 17.2. The third-order valence-electron chi connectivity index (χ3n) is 8.11. The van der Waals surface area contributed by atoms with Crippen molar-refractivity contribution < 1.29 is 0 Å². The van der Waals surface area contributed by atoms with Crippen LogP contribution in [-0.2, 0) is 7.05 Å². The van der Waals surface area contributed by atoms with Gasteiger partial charge in [0.1, 0.15) is 0 Å². The van der Waals surface area contributed by atoms with Gasteiger partial charge in [0.25, 0.3) is 0 Å². The summed E-state index contributed by atoms with van der Waals surface area (Å²) in [5.74, 6) is 0.578. The molecule has 1 saturated carbocycles.